The smallest absolute Gasteiger partial charge is 0.0529 e. The first-order valence-corrected chi connectivity index (χ1v) is 5.41. The molecular formula is C10H20N2O. The van der Waals surface area contributed by atoms with Gasteiger partial charge in [0.25, 0.3) is 0 Å². The van der Waals surface area contributed by atoms with Crippen molar-refractivity contribution in [1.29, 1.82) is 0 Å². The molecule has 3 nitrogen and oxygen atoms in total. The fraction of sp³-hybridized carbons (Fsp3) is 1.00. The monoisotopic (exact) mass is 184 g/mol. The normalized spacial score (nSPS) is 21.1. The van der Waals surface area contributed by atoms with Crippen LogP contribution in [0.1, 0.15) is 52.4 Å². The molecule has 1 atom stereocenters. The minimum absolute atomic E-state index is 0.306. The van der Waals surface area contributed by atoms with Crippen LogP contribution in [0.25, 0.3) is 0 Å². The van der Waals surface area contributed by atoms with Crippen LogP contribution in [0, 0.1) is 4.91 Å². The summed E-state index contributed by atoms with van der Waals surface area (Å²) in [6, 6.07) is 0.724. The molecule has 0 aromatic carbocycles. The van der Waals surface area contributed by atoms with Crippen LogP contribution in [0.4, 0.5) is 0 Å². The summed E-state index contributed by atoms with van der Waals surface area (Å²) in [6.45, 7) is 4.18. The van der Waals surface area contributed by atoms with Gasteiger partial charge in [0.05, 0.1) is 11.3 Å². The Labute approximate surface area is 80.4 Å². The number of rotatable bonds is 4. The Balaban J connectivity index is 2.48. The van der Waals surface area contributed by atoms with E-state index in [-0.39, 0.29) is 0 Å². The van der Waals surface area contributed by atoms with E-state index in [1.165, 1.54) is 19.3 Å². The molecule has 0 aliphatic heterocycles. The second-order valence-electron chi connectivity index (χ2n) is 4.01. The van der Waals surface area contributed by atoms with Crippen LogP contribution >= 0.6 is 0 Å². The summed E-state index contributed by atoms with van der Waals surface area (Å²) in [4.78, 5) is 10.7. The predicted octanol–water partition coefficient (Wildman–Crippen LogP) is 3.10. The lowest BCUT2D eigenvalue weighted by molar-refractivity contribution is 0.112. The van der Waals surface area contributed by atoms with Crippen molar-refractivity contribution in [2.75, 3.05) is 0 Å². The van der Waals surface area contributed by atoms with Gasteiger partial charge in [-0.2, -0.15) is 0 Å². The van der Waals surface area contributed by atoms with E-state index >= 15 is 0 Å². The van der Waals surface area contributed by atoms with Gasteiger partial charge in [0.2, 0.25) is 0 Å². The van der Waals surface area contributed by atoms with Crippen molar-refractivity contribution in [3.8, 4) is 0 Å². The quantitative estimate of drug-likeness (QED) is 0.497. The van der Waals surface area contributed by atoms with Crippen molar-refractivity contribution in [2.24, 2.45) is 5.29 Å². The molecule has 3 heteroatoms. The van der Waals surface area contributed by atoms with E-state index < -0.39 is 0 Å². The van der Waals surface area contributed by atoms with Crippen molar-refractivity contribution >= 4 is 0 Å². The molecule has 0 bridgehead atoms. The zero-order valence-corrected chi connectivity index (χ0v) is 8.70. The van der Waals surface area contributed by atoms with E-state index in [0.29, 0.717) is 12.1 Å². The van der Waals surface area contributed by atoms with E-state index in [1.807, 2.05) is 0 Å². The molecule has 1 fully saturated rings. The average Bonchev–Trinajstić information content (AvgIpc) is 2.20. The molecule has 1 aliphatic rings. The van der Waals surface area contributed by atoms with Crippen LogP contribution in [-0.4, -0.2) is 17.1 Å². The third-order valence-corrected chi connectivity index (χ3v) is 3.09. The van der Waals surface area contributed by atoms with E-state index in [2.05, 4.69) is 19.1 Å². The van der Waals surface area contributed by atoms with Gasteiger partial charge in [-0.05, 0) is 26.2 Å². The SMILES string of the molecule is CCC(C)N(N=O)C1CCCCC1. The van der Waals surface area contributed by atoms with Crippen molar-refractivity contribution < 1.29 is 0 Å². The molecule has 0 amide bonds. The molecule has 1 rings (SSSR count). The van der Waals surface area contributed by atoms with Crippen LogP contribution in [0.3, 0.4) is 0 Å². The fourth-order valence-electron chi connectivity index (χ4n) is 2.04. The van der Waals surface area contributed by atoms with Gasteiger partial charge < -0.3 is 0 Å². The number of nitroso groups, excluding NO2 is 1. The Kier molecular flexibility index (Phi) is 4.19. The predicted molar refractivity (Wildman–Crippen MR) is 54.3 cm³/mol. The summed E-state index contributed by atoms with van der Waals surface area (Å²) >= 11 is 0. The summed E-state index contributed by atoms with van der Waals surface area (Å²) in [5.74, 6) is 0. The Morgan fingerprint density at radius 2 is 2.00 bits per heavy atom. The third-order valence-electron chi connectivity index (χ3n) is 3.09. The lowest BCUT2D eigenvalue weighted by Gasteiger charge is -2.33. The number of hydrogen-bond donors (Lipinski definition) is 0. The minimum atomic E-state index is 0.306. The van der Waals surface area contributed by atoms with Crippen LogP contribution in [0.15, 0.2) is 5.29 Å². The summed E-state index contributed by atoms with van der Waals surface area (Å²) in [5, 5.41) is 4.94. The van der Waals surface area contributed by atoms with Crippen LogP contribution < -0.4 is 0 Å². The van der Waals surface area contributed by atoms with Gasteiger partial charge in [-0.25, -0.2) is 0 Å². The molecule has 1 saturated carbocycles. The van der Waals surface area contributed by atoms with Crippen LogP contribution in [0.5, 0.6) is 0 Å². The molecule has 1 aliphatic carbocycles. The maximum absolute atomic E-state index is 10.7. The summed E-state index contributed by atoms with van der Waals surface area (Å²) < 4.78 is 0. The van der Waals surface area contributed by atoms with E-state index in [0.717, 1.165) is 19.3 Å². The lowest BCUT2D eigenvalue weighted by atomic mass is 9.94. The van der Waals surface area contributed by atoms with Crippen molar-refractivity contribution in [3.63, 3.8) is 0 Å². The van der Waals surface area contributed by atoms with Gasteiger partial charge in [-0.15, -0.1) is 4.91 Å². The van der Waals surface area contributed by atoms with Gasteiger partial charge >= 0.3 is 0 Å². The zero-order chi connectivity index (χ0) is 9.68. The molecule has 0 aromatic heterocycles. The van der Waals surface area contributed by atoms with Crippen LogP contribution in [-0.2, 0) is 0 Å². The second kappa shape index (κ2) is 5.20. The van der Waals surface area contributed by atoms with E-state index in [9.17, 15) is 4.91 Å². The van der Waals surface area contributed by atoms with Gasteiger partial charge in [0.1, 0.15) is 0 Å². The Bertz CT molecular complexity index is 155. The van der Waals surface area contributed by atoms with Gasteiger partial charge in [-0.3, -0.25) is 5.01 Å². The molecular weight excluding hydrogens is 164 g/mol. The molecule has 1 unspecified atom stereocenters. The number of nitrogens with zero attached hydrogens (tertiary/aromatic N) is 2. The number of hydrogen-bond acceptors (Lipinski definition) is 2. The largest absolute Gasteiger partial charge is 0.255 e. The van der Waals surface area contributed by atoms with Crippen molar-refractivity contribution in [2.45, 2.75) is 64.5 Å². The maximum Gasteiger partial charge on any atom is 0.0529 e. The Morgan fingerprint density at radius 1 is 1.38 bits per heavy atom. The molecule has 13 heavy (non-hydrogen) atoms. The highest BCUT2D eigenvalue weighted by Crippen LogP contribution is 2.24. The van der Waals surface area contributed by atoms with E-state index in [4.69, 9.17) is 0 Å². The highest BCUT2D eigenvalue weighted by molar-refractivity contribution is 4.76. The average molecular weight is 184 g/mol. The second-order valence-corrected chi connectivity index (χ2v) is 4.01. The minimum Gasteiger partial charge on any atom is -0.255 e. The standard InChI is InChI=1S/C10H20N2O/c1-3-9(2)12(11-13)10-7-5-4-6-8-10/h9-10H,3-8H2,1-2H3. The first kappa shape index (κ1) is 10.5. The van der Waals surface area contributed by atoms with Gasteiger partial charge in [0.15, 0.2) is 0 Å². The third kappa shape index (κ3) is 2.68. The Hall–Kier alpha value is -0.600. The molecule has 0 N–H and O–H groups in total. The highest BCUT2D eigenvalue weighted by atomic mass is 16.3. The van der Waals surface area contributed by atoms with Crippen LogP contribution in [0.2, 0.25) is 0 Å². The maximum atomic E-state index is 10.7. The van der Waals surface area contributed by atoms with Crippen molar-refractivity contribution in [1.82, 2.24) is 5.01 Å². The molecule has 0 heterocycles. The van der Waals surface area contributed by atoms with E-state index in [1.54, 1.807) is 5.01 Å². The molecule has 0 radical (unpaired) electrons. The molecule has 0 saturated heterocycles. The molecule has 0 spiro atoms. The van der Waals surface area contributed by atoms with Crippen molar-refractivity contribution in [3.05, 3.63) is 4.91 Å². The fourth-order valence-corrected chi connectivity index (χ4v) is 2.04. The summed E-state index contributed by atoms with van der Waals surface area (Å²) in [5.41, 5.74) is 0. The lowest BCUT2D eigenvalue weighted by Crippen LogP contribution is -2.38. The first-order valence-electron chi connectivity index (χ1n) is 5.41. The topological polar surface area (TPSA) is 32.7 Å². The van der Waals surface area contributed by atoms with Gasteiger partial charge in [0, 0.05) is 6.04 Å². The summed E-state index contributed by atoms with van der Waals surface area (Å²) in [7, 11) is 0. The highest BCUT2D eigenvalue weighted by Gasteiger charge is 2.23. The van der Waals surface area contributed by atoms with Gasteiger partial charge in [-0.1, -0.05) is 26.2 Å². The molecule has 0 aromatic rings. The Morgan fingerprint density at radius 3 is 2.46 bits per heavy atom. The first-order chi connectivity index (χ1) is 6.29. The summed E-state index contributed by atoms with van der Waals surface area (Å²) in [6.07, 6.45) is 7.14. The zero-order valence-electron chi connectivity index (χ0n) is 8.70. The molecule has 76 valence electrons.